The maximum absolute atomic E-state index is 6.61. The normalized spacial score (nSPS) is 11.7. The maximum atomic E-state index is 6.61. The van der Waals surface area contributed by atoms with E-state index in [0.29, 0.717) is 0 Å². The van der Waals surface area contributed by atoms with Crippen molar-refractivity contribution in [2.24, 2.45) is 0 Å². The molecule has 3 nitrogen and oxygen atoms in total. The molecule has 7 aromatic carbocycles. The van der Waals surface area contributed by atoms with Crippen LogP contribution in [-0.2, 0) is 0 Å². The molecule has 3 aromatic heterocycles. The minimum absolute atomic E-state index is 0.893. The van der Waals surface area contributed by atoms with E-state index in [0.717, 1.165) is 88.2 Å². The van der Waals surface area contributed by atoms with Crippen molar-refractivity contribution < 1.29 is 4.42 Å². The number of hydrogen-bond acceptors (Lipinski definition) is 3. The van der Waals surface area contributed by atoms with Crippen molar-refractivity contribution in [3.05, 3.63) is 170 Å². The smallest absolute Gasteiger partial charge is 0.143 e. The largest absolute Gasteiger partial charge is 0.455 e. The molecule has 3 heterocycles. The zero-order chi connectivity index (χ0) is 32.3. The van der Waals surface area contributed by atoms with Crippen molar-refractivity contribution in [2.75, 3.05) is 0 Å². The summed E-state index contributed by atoms with van der Waals surface area (Å²) < 4.78 is 6.61. The van der Waals surface area contributed by atoms with Gasteiger partial charge in [-0.2, -0.15) is 0 Å². The van der Waals surface area contributed by atoms with Crippen LogP contribution in [-0.4, -0.2) is 9.97 Å². The van der Waals surface area contributed by atoms with Crippen molar-refractivity contribution in [3.63, 3.8) is 0 Å². The fraction of sp³-hybridized carbons (Fsp3) is 0. The Morgan fingerprint density at radius 3 is 1.67 bits per heavy atom. The van der Waals surface area contributed by atoms with Crippen LogP contribution in [0.3, 0.4) is 0 Å². The molecule has 0 bridgehead atoms. The van der Waals surface area contributed by atoms with Crippen LogP contribution < -0.4 is 0 Å². The van der Waals surface area contributed by atoms with Crippen LogP contribution in [0.2, 0.25) is 0 Å². The lowest BCUT2D eigenvalue weighted by atomic mass is 9.92. The first-order chi connectivity index (χ1) is 24.3. The lowest BCUT2D eigenvalue weighted by Crippen LogP contribution is -1.91. The van der Waals surface area contributed by atoms with E-state index in [2.05, 4.69) is 152 Å². The van der Waals surface area contributed by atoms with E-state index in [4.69, 9.17) is 14.4 Å². The summed E-state index contributed by atoms with van der Waals surface area (Å²) in [7, 11) is 0. The maximum Gasteiger partial charge on any atom is 0.143 e. The SMILES string of the molecule is c1ccc(-c2ccc3ccc4ccc(-c5cccc(-c6cc7c(oc8cccc(-c9ccccc9)c87)c7ccccc67)c5)nc4c3n2)cc1. The summed E-state index contributed by atoms with van der Waals surface area (Å²) in [5, 5.41) is 6.66. The Labute approximate surface area is 282 Å². The van der Waals surface area contributed by atoms with Crippen molar-refractivity contribution in [3.8, 4) is 44.8 Å². The molecule has 0 fully saturated rings. The molecule has 0 unspecified atom stereocenters. The highest BCUT2D eigenvalue weighted by atomic mass is 16.3. The van der Waals surface area contributed by atoms with Crippen LogP contribution in [0.5, 0.6) is 0 Å². The Morgan fingerprint density at radius 1 is 0.367 bits per heavy atom. The molecule has 10 aromatic rings. The molecule has 49 heavy (non-hydrogen) atoms. The third kappa shape index (κ3) is 4.51. The van der Waals surface area contributed by atoms with Gasteiger partial charge in [-0.3, -0.25) is 0 Å². The standard InChI is InChI=1S/C46H28N2O/c1-3-11-29(12-4-1)35-19-10-20-42-43(35)39-28-38(36-17-7-8-18-37(36)46(39)49-42)33-15-9-16-34(27-33)41-26-24-32-22-21-31-23-25-40(30-13-5-2-6-14-30)47-44(31)45(32)48-41/h1-28H. The number of pyridine rings is 2. The van der Waals surface area contributed by atoms with Crippen molar-refractivity contribution in [2.45, 2.75) is 0 Å². The molecule has 3 heteroatoms. The molecular formula is C46H28N2O. The highest BCUT2D eigenvalue weighted by Crippen LogP contribution is 2.43. The van der Waals surface area contributed by atoms with Gasteiger partial charge in [0.05, 0.1) is 22.4 Å². The van der Waals surface area contributed by atoms with Crippen LogP contribution in [0.15, 0.2) is 174 Å². The van der Waals surface area contributed by atoms with Crippen LogP contribution in [0, 0.1) is 0 Å². The number of fused-ring (bicyclic) bond motifs is 8. The van der Waals surface area contributed by atoms with Crippen LogP contribution in [0.4, 0.5) is 0 Å². The summed E-state index contributed by atoms with van der Waals surface area (Å²) in [6, 6.07) is 59.6. The van der Waals surface area contributed by atoms with Crippen LogP contribution >= 0.6 is 0 Å². The zero-order valence-corrected chi connectivity index (χ0v) is 26.5. The van der Waals surface area contributed by atoms with Gasteiger partial charge in [-0.05, 0) is 58.0 Å². The van der Waals surface area contributed by atoms with Gasteiger partial charge in [0.25, 0.3) is 0 Å². The average Bonchev–Trinajstić information content (AvgIpc) is 3.57. The van der Waals surface area contributed by atoms with Crippen molar-refractivity contribution in [1.29, 1.82) is 0 Å². The van der Waals surface area contributed by atoms with Gasteiger partial charge < -0.3 is 4.42 Å². The number of aromatic nitrogens is 2. The molecule has 0 saturated heterocycles. The highest BCUT2D eigenvalue weighted by molar-refractivity contribution is 6.22. The van der Waals surface area contributed by atoms with Crippen LogP contribution in [0.1, 0.15) is 0 Å². The Morgan fingerprint density at radius 2 is 0.939 bits per heavy atom. The van der Waals surface area contributed by atoms with E-state index in [1.807, 2.05) is 18.2 Å². The molecule has 0 amide bonds. The fourth-order valence-electron chi connectivity index (χ4n) is 7.29. The molecule has 0 aliphatic heterocycles. The Kier molecular flexibility index (Phi) is 6.18. The molecule has 10 rings (SSSR count). The second kappa shape index (κ2) is 11.0. The van der Waals surface area contributed by atoms with E-state index in [-0.39, 0.29) is 0 Å². The molecule has 228 valence electrons. The van der Waals surface area contributed by atoms with Crippen molar-refractivity contribution in [1.82, 2.24) is 9.97 Å². The average molecular weight is 625 g/mol. The summed E-state index contributed by atoms with van der Waals surface area (Å²) in [6.07, 6.45) is 0. The number of rotatable bonds is 4. The summed E-state index contributed by atoms with van der Waals surface area (Å²) in [5.41, 5.74) is 12.3. The fourth-order valence-corrected chi connectivity index (χ4v) is 7.29. The zero-order valence-electron chi connectivity index (χ0n) is 26.5. The predicted octanol–water partition coefficient (Wildman–Crippen LogP) is 12.5. The van der Waals surface area contributed by atoms with Gasteiger partial charge in [0, 0.05) is 38.1 Å². The number of hydrogen-bond donors (Lipinski definition) is 0. The predicted molar refractivity (Wildman–Crippen MR) is 204 cm³/mol. The molecule has 0 aliphatic carbocycles. The van der Waals surface area contributed by atoms with E-state index < -0.39 is 0 Å². The second-order valence-corrected chi connectivity index (χ2v) is 12.5. The van der Waals surface area contributed by atoms with Gasteiger partial charge in [0.15, 0.2) is 0 Å². The van der Waals surface area contributed by atoms with Gasteiger partial charge in [-0.15, -0.1) is 0 Å². The number of benzene rings is 7. The van der Waals surface area contributed by atoms with Gasteiger partial charge in [0.2, 0.25) is 0 Å². The minimum atomic E-state index is 0.893. The van der Waals surface area contributed by atoms with Crippen LogP contribution in [0.25, 0.3) is 99.3 Å². The first-order valence-electron chi connectivity index (χ1n) is 16.6. The molecule has 0 saturated carbocycles. The second-order valence-electron chi connectivity index (χ2n) is 12.5. The molecule has 0 spiro atoms. The van der Waals surface area contributed by atoms with E-state index in [9.17, 15) is 0 Å². The summed E-state index contributed by atoms with van der Waals surface area (Å²) in [4.78, 5) is 10.4. The van der Waals surface area contributed by atoms with E-state index in [1.54, 1.807) is 0 Å². The Bertz CT molecular complexity index is 2870. The summed E-state index contributed by atoms with van der Waals surface area (Å²) in [6.45, 7) is 0. The lowest BCUT2D eigenvalue weighted by Gasteiger charge is -2.11. The highest BCUT2D eigenvalue weighted by Gasteiger charge is 2.18. The van der Waals surface area contributed by atoms with E-state index in [1.165, 1.54) is 11.1 Å². The first-order valence-corrected chi connectivity index (χ1v) is 16.6. The molecule has 0 atom stereocenters. The molecule has 0 N–H and O–H groups in total. The number of furan rings is 1. The summed E-state index contributed by atoms with van der Waals surface area (Å²) in [5.74, 6) is 0. The van der Waals surface area contributed by atoms with Crippen molar-refractivity contribution >= 4 is 54.5 Å². The Balaban J connectivity index is 1.16. The summed E-state index contributed by atoms with van der Waals surface area (Å²) >= 11 is 0. The molecular weight excluding hydrogens is 597 g/mol. The van der Waals surface area contributed by atoms with Gasteiger partial charge in [-0.25, -0.2) is 9.97 Å². The van der Waals surface area contributed by atoms with Gasteiger partial charge in [0.1, 0.15) is 11.2 Å². The number of nitrogens with zero attached hydrogens (tertiary/aromatic N) is 2. The monoisotopic (exact) mass is 624 g/mol. The van der Waals surface area contributed by atoms with E-state index >= 15 is 0 Å². The first kappa shape index (κ1) is 27.5. The minimum Gasteiger partial charge on any atom is -0.455 e. The van der Waals surface area contributed by atoms with Gasteiger partial charge in [-0.1, -0.05) is 140 Å². The molecule has 0 aliphatic rings. The Hall–Kier alpha value is -6.58. The van der Waals surface area contributed by atoms with Gasteiger partial charge >= 0.3 is 0 Å². The third-order valence-electron chi connectivity index (χ3n) is 9.65. The third-order valence-corrected chi connectivity index (χ3v) is 9.65. The topological polar surface area (TPSA) is 38.9 Å². The molecule has 0 radical (unpaired) electrons. The lowest BCUT2D eigenvalue weighted by molar-refractivity contribution is 0.673. The quantitative estimate of drug-likeness (QED) is 0.183.